The number of nitrogens with zero attached hydrogens (tertiary/aromatic N) is 10. The van der Waals surface area contributed by atoms with Gasteiger partial charge in [0.2, 0.25) is 23.6 Å². The molecule has 0 atom stereocenters. The Labute approximate surface area is 560 Å². The summed E-state index contributed by atoms with van der Waals surface area (Å²) in [6.07, 6.45) is 0. The number of nitrogens with one attached hydrogen (secondary N) is 4. The van der Waals surface area contributed by atoms with E-state index in [1.807, 2.05) is 0 Å². The molecule has 100 heavy (non-hydrogen) atoms. The highest BCUT2D eigenvalue weighted by atomic mass is 16.6. The highest BCUT2D eigenvalue weighted by molar-refractivity contribution is 6.29. The maximum absolute atomic E-state index is 14.0. The molecular weight excluding hydrogens is 1310 g/mol. The monoisotopic (exact) mass is 1360 g/mol. The number of benzene rings is 8. The first-order valence-corrected chi connectivity index (χ1v) is 30.7. The molecule has 0 fully saturated rings. The van der Waals surface area contributed by atoms with E-state index in [2.05, 4.69) is 21.3 Å². The normalized spacial score (nSPS) is 13.9. The number of imide groups is 4. The van der Waals surface area contributed by atoms with Crippen molar-refractivity contribution in [2.24, 2.45) is 0 Å². The molecule has 0 saturated heterocycles. The molecule has 0 saturated carbocycles. The van der Waals surface area contributed by atoms with Crippen molar-refractivity contribution in [1.82, 2.24) is 50.7 Å². The van der Waals surface area contributed by atoms with E-state index in [4.69, 9.17) is 0 Å². The van der Waals surface area contributed by atoms with Gasteiger partial charge in [-0.15, -0.1) is 0 Å². The Kier molecular flexibility index (Phi) is 18.1. The summed E-state index contributed by atoms with van der Waals surface area (Å²) in [6, 6.07) is 26.3. The number of carbonyl (C=O) groups is 12. The van der Waals surface area contributed by atoms with Gasteiger partial charge in [-0.3, -0.25) is 127 Å². The van der Waals surface area contributed by atoms with Crippen molar-refractivity contribution in [2.45, 2.75) is 0 Å². The molecule has 34 heteroatoms. The van der Waals surface area contributed by atoms with Gasteiger partial charge in [0.05, 0.1) is 67.4 Å². The maximum atomic E-state index is 14.0. The fourth-order valence-electron chi connectivity index (χ4n) is 12.9. The predicted molar refractivity (Wildman–Crippen MR) is 349 cm³/mol. The molecule has 12 amide bonds. The summed E-state index contributed by atoms with van der Waals surface area (Å²) in [5, 5.41) is 58.3. The van der Waals surface area contributed by atoms with Crippen LogP contribution < -0.4 is 21.3 Å². The maximum Gasteiger partial charge on any atom is 0.277 e. The molecule has 0 radical (unpaired) electrons. The third-order valence-corrected chi connectivity index (χ3v) is 17.5. The molecule has 4 N–H and O–H groups in total. The van der Waals surface area contributed by atoms with E-state index < -0.39 is 143 Å². The lowest BCUT2D eigenvalue weighted by Gasteiger charge is -2.29. The SMILES string of the molecule is O=C(CN(CCN(CC(=O)NCCN1C(=O)c2cccc3c([N+](=O)[O-])ccc(c23)C1=O)CC(=O)NCCN1C(=O)c2cccc3c([N+](=O)[O-])ccc(c23)C1=O)CC(=O)NCCN1C(=O)c2cccc3c([N+](=O)[O-])ccc(c23)C1=O)NCCN1C(=O)c2cccc3c([N+](=O)[O-])ccc(c23)C1=O. The molecule has 506 valence electrons. The Morgan fingerprint density at radius 3 is 0.680 bits per heavy atom. The largest absolute Gasteiger partial charge is 0.353 e. The number of nitro groups is 4. The van der Waals surface area contributed by atoms with Crippen LogP contribution in [0, 0.1) is 40.5 Å². The van der Waals surface area contributed by atoms with Crippen molar-refractivity contribution in [2.75, 3.05) is 91.6 Å². The average Bonchev–Trinajstić information content (AvgIpc) is 0.763. The zero-order valence-corrected chi connectivity index (χ0v) is 52.1. The molecule has 0 aromatic heterocycles. The third kappa shape index (κ3) is 12.3. The number of hydrogen-bond acceptors (Lipinski definition) is 22. The van der Waals surface area contributed by atoms with Crippen LogP contribution in [-0.2, 0) is 19.2 Å². The van der Waals surface area contributed by atoms with Crippen LogP contribution >= 0.6 is 0 Å². The fraction of sp³-hybridized carbons (Fsp3) is 0.212. The quantitative estimate of drug-likeness (QED) is 0.0325. The summed E-state index contributed by atoms with van der Waals surface area (Å²) >= 11 is 0. The second-order valence-corrected chi connectivity index (χ2v) is 23.3. The Hall–Kier alpha value is -13.2. The van der Waals surface area contributed by atoms with Crippen molar-refractivity contribution in [3.8, 4) is 0 Å². The Balaban J connectivity index is 0.750. The predicted octanol–water partition coefficient (Wildman–Crippen LogP) is 3.49. The van der Waals surface area contributed by atoms with Crippen LogP contribution in [0.1, 0.15) is 82.9 Å². The van der Waals surface area contributed by atoms with Gasteiger partial charge in [-0.05, 0) is 72.8 Å². The van der Waals surface area contributed by atoms with Gasteiger partial charge in [0.25, 0.3) is 70.0 Å². The molecule has 8 aromatic rings. The standard InChI is InChI=1S/C66H52N14O20/c81-51(67-21-25-73-59(85)39-9-1-5-35-47(77(93)94)17-13-43(55(35)39)63(73)89)31-71(32-52(82)68-22-26-74-60(86)40-10-2-6-36-48(78(95)96)18-14-44(56(36)40)64(74)90)29-30-72(33-53(83)69-23-27-75-61(87)41-11-3-7-37-49(79(97)98)19-15-45(57(37)41)65(75)91)34-54(84)70-24-28-76-62(88)42-12-4-8-38-50(80(99)100)20-16-46(58(38)42)66(76)92/h1-20H,21-34H2,(H,67,81)(H,68,82)(H,69,83)(H,70,84). The third-order valence-electron chi connectivity index (χ3n) is 17.5. The van der Waals surface area contributed by atoms with Crippen molar-refractivity contribution in [1.29, 1.82) is 0 Å². The Bertz CT molecular complexity index is 4350. The number of non-ortho nitro benzene ring substituents is 4. The van der Waals surface area contributed by atoms with E-state index in [1.54, 1.807) is 0 Å². The van der Waals surface area contributed by atoms with E-state index >= 15 is 0 Å². The summed E-state index contributed by atoms with van der Waals surface area (Å²) in [5.74, 6) is -9.60. The number of carbonyl (C=O) groups excluding carboxylic acids is 12. The molecule has 0 unspecified atom stereocenters. The lowest BCUT2D eigenvalue weighted by molar-refractivity contribution is -0.383. The molecule has 0 spiro atoms. The molecule has 4 aliphatic heterocycles. The highest BCUT2D eigenvalue weighted by Crippen LogP contribution is 2.40. The summed E-state index contributed by atoms with van der Waals surface area (Å²) in [5.41, 5.74) is -1.37. The second kappa shape index (κ2) is 27.1. The van der Waals surface area contributed by atoms with Gasteiger partial charge >= 0.3 is 0 Å². The minimum atomic E-state index is -0.804. The summed E-state index contributed by atoms with van der Waals surface area (Å²) in [7, 11) is 0. The number of hydrogen-bond donors (Lipinski definition) is 4. The Morgan fingerprint density at radius 2 is 0.490 bits per heavy atom. The fourth-order valence-corrected chi connectivity index (χ4v) is 12.9. The average molecular weight is 1360 g/mol. The van der Waals surface area contributed by atoms with E-state index in [0.717, 1.165) is 43.9 Å². The minimum absolute atomic E-state index is 0.00483. The lowest BCUT2D eigenvalue weighted by Crippen LogP contribution is -2.51. The van der Waals surface area contributed by atoms with E-state index in [1.165, 1.54) is 107 Å². The highest BCUT2D eigenvalue weighted by Gasteiger charge is 2.39. The van der Waals surface area contributed by atoms with Crippen LogP contribution in [0.4, 0.5) is 22.7 Å². The molecule has 34 nitrogen and oxygen atoms in total. The van der Waals surface area contributed by atoms with Crippen molar-refractivity contribution in [3.05, 3.63) is 206 Å². The van der Waals surface area contributed by atoms with E-state index in [-0.39, 0.29) is 150 Å². The van der Waals surface area contributed by atoms with Crippen molar-refractivity contribution < 1.29 is 77.2 Å². The topological polar surface area (TPSA) is 445 Å². The van der Waals surface area contributed by atoms with Crippen LogP contribution in [0.15, 0.2) is 121 Å². The summed E-state index contributed by atoms with van der Waals surface area (Å²) in [6.45, 7) is -6.22. The second-order valence-electron chi connectivity index (χ2n) is 23.3. The first kappa shape index (κ1) is 66.8. The molecule has 4 heterocycles. The van der Waals surface area contributed by atoms with E-state index in [9.17, 15) is 98.0 Å². The molecule has 8 aromatic carbocycles. The zero-order valence-electron chi connectivity index (χ0n) is 52.1. The molecular formula is C66H52N14O20. The smallest absolute Gasteiger partial charge is 0.277 e. The summed E-state index contributed by atoms with van der Waals surface area (Å²) < 4.78 is 0. The zero-order chi connectivity index (χ0) is 71.1. The first-order valence-electron chi connectivity index (χ1n) is 30.7. The van der Waals surface area contributed by atoms with Gasteiger partial charge in [0.1, 0.15) is 0 Å². The Morgan fingerprint density at radius 1 is 0.300 bits per heavy atom. The van der Waals surface area contributed by atoms with Crippen molar-refractivity contribution >= 4 is 137 Å². The van der Waals surface area contributed by atoms with Gasteiger partial charge in [0, 0.05) is 156 Å². The van der Waals surface area contributed by atoms with Crippen LogP contribution in [0.25, 0.3) is 43.1 Å². The van der Waals surface area contributed by atoms with Crippen LogP contribution in [0.2, 0.25) is 0 Å². The van der Waals surface area contributed by atoms with Crippen LogP contribution in [-0.4, -0.2) is 212 Å². The summed E-state index contributed by atoms with van der Waals surface area (Å²) in [4.78, 5) is 217. The molecule has 0 aliphatic carbocycles. The molecule has 0 bridgehead atoms. The number of rotatable bonds is 27. The number of amides is 12. The molecule has 4 aliphatic rings. The van der Waals surface area contributed by atoms with Gasteiger partial charge in [-0.2, -0.15) is 0 Å². The van der Waals surface area contributed by atoms with Crippen LogP contribution in [0.5, 0.6) is 0 Å². The van der Waals surface area contributed by atoms with Gasteiger partial charge in [0.15, 0.2) is 0 Å². The van der Waals surface area contributed by atoms with Gasteiger partial charge in [-0.25, -0.2) is 0 Å². The van der Waals surface area contributed by atoms with Gasteiger partial charge in [-0.1, -0.05) is 24.3 Å². The lowest BCUT2D eigenvalue weighted by atomic mass is 9.93. The first-order chi connectivity index (χ1) is 47.9. The molecule has 12 rings (SSSR count). The van der Waals surface area contributed by atoms with E-state index in [0.29, 0.717) is 0 Å². The number of nitro benzene ring substituents is 4. The van der Waals surface area contributed by atoms with Crippen LogP contribution in [0.3, 0.4) is 0 Å². The minimum Gasteiger partial charge on any atom is -0.353 e. The van der Waals surface area contributed by atoms with Gasteiger partial charge < -0.3 is 21.3 Å². The van der Waals surface area contributed by atoms with Crippen molar-refractivity contribution in [3.63, 3.8) is 0 Å².